The van der Waals surface area contributed by atoms with Crippen LogP contribution in [0.5, 0.6) is 0 Å². The molecule has 0 saturated carbocycles. The van der Waals surface area contributed by atoms with Gasteiger partial charge in [-0.3, -0.25) is 4.68 Å². The normalized spacial score (nSPS) is 11.3. The van der Waals surface area contributed by atoms with Crippen molar-refractivity contribution in [2.45, 2.75) is 26.4 Å². The van der Waals surface area contributed by atoms with E-state index in [0.717, 1.165) is 34.3 Å². The molecule has 2 aromatic heterocycles. The lowest BCUT2D eigenvalue weighted by Gasteiger charge is -2.07. The maximum Gasteiger partial charge on any atom is 0.131 e. The highest BCUT2D eigenvalue weighted by Crippen LogP contribution is 2.22. The number of nitrogens with zero attached hydrogens (tertiary/aromatic N) is 4. The minimum absolute atomic E-state index is 0.628. The molecule has 20 heavy (non-hydrogen) atoms. The largest absolute Gasteiger partial charge is 0.396 e. The Kier molecular flexibility index (Phi) is 3.48. The quantitative estimate of drug-likeness (QED) is 0.798. The number of nitrogens with two attached hydrogens (primary N) is 1. The minimum Gasteiger partial charge on any atom is -0.396 e. The van der Waals surface area contributed by atoms with Gasteiger partial charge in [0.25, 0.3) is 0 Å². The first kappa shape index (κ1) is 13.2. The Morgan fingerprint density at radius 2 is 2.20 bits per heavy atom. The Balaban J connectivity index is 2.06. The summed E-state index contributed by atoms with van der Waals surface area (Å²) in [6.45, 7) is 3.74. The molecule has 3 aromatic rings. The van der Waals surface area contributed by atoms with Crippen molar-refractivity contribution in [3.8, 4) is 0 Å². The third-order valence-corrected chi connectivity index (χ3v) is 3.69. The summed E-state index contributed by atoms with van der Waals surface area (Å²) in [6.07, 6.45) is 4.55. The van der Waals surface area contributed by atoms with E-state index in [4.69, 9.17) is 10.7 Å². The highest BCUT2D eigenvalue weighted by atomic mass is 79.9. The van der Waals surface area contributed by atoms with Crippen molar-refractivity contribution in [3.05, 3.63) is 40.9 Å². The number of aryl methyl sites for hydroxylation is 1. The van der Waals surface area contributed by atoms with Gasteiger partial charge in [-0.25, -0.2) is 4.98 Å². The van der Waals surface area contributed by atoms with Crippen molar-refractivity contribution in [2.24, 2.45) is 0 Å². The van der Waals surface area contributed by atoms with Crippen molar-refractivity contribution in [1.29, 1.82) is 0 Å². The molecule has 0 aliphatic rings. The first-order chi connectivity index (χ1) is 9.67. The van der Waals surface area contributed by atoms with Gasteiger partial charge in [0.15, 0.2) is 0 Å². The highest BCUT2D eigenvalue weighted by Gasteiger charge is 2.11. The topological polar surface area (TPSA) is 61.7 Å². The second-order valence-corrected chi connectivity index (χ2v) is 5.70. The van der Waals surface area contributed by atoms with Gasteiger partial charge in [0.2, 0.25) is 0 Å². The van der Waals surface area contributed by atoms with Crippen molar-refractivity contribution in [3.63, 3.8) is 0 Å². The molecule has 3 rings (SSSR count). The van der Waals surface area contributed by atoms with E-state index in [-0.39, 0.29) is 0 Å². The predicted molar refractivity (Wildman–Crippen MR) is 83.5 cm³/mol. The van der Waals surface area contributed by atoms with E-state index >= 15 is 0 Å². The summed E-state index contributed by atoms with van der Waals surface area (Å²) in [7, 11) is 0. The van der Waals surface area contributed by atoms with Crippen LogP contribution in [-0.2, 0) is 13.1 Å². The smallest absolute Gasteiger partial charge is 0.131 e. The Morgan fingerprint density at radius 1 is 1.35 bits per heavy atom. The van der Waals surface area contributed by atoms with E-state index < -0.39 is 0 Å². The molecule has 5 nitrogen and oxygen atoms in total. The van der Waals surface area contributed by atoms with Crippen LogP contribution in [-0.4, -0.2) is 19.3 Å². The molecule has 0 amide bonds. The zero-order valence-electron chi connectivity index (χ0n) is 11.3. The van der Waals surface area contributed by atoms with Crippen LogP contribution in [0.2, 0.25) is 0 Å². The molecule has 0 aliphatic heterocycles. The predicted octanol–water partition coefficient (Wildman–Crippen LogP) is 3.04. The molecule has 0 bridgehead atoms. The highest BCUT2D eigenvalue weighted by molar-refractivity contribution is 9.10. The molecule has 104 valence electrons. The summed E-state index contributed by atoms with van der Waals surface area (Å²) in [6, 6.07) is 6.19. The number of imidazole rings is 1. The van der Waals surface area contributed by atoms with Gasteiger partial charge in [0.1, 0.15) is 5.82 Å². The number of hydrogen-bond donors (Lipinski definition) is 1. The van der Waals surface area contributed by atoms with Gasteiger partial charge < -0.3 is 10.3 Å². The van der Waals surface area contributed by atoms with Gasteiger partial charge >= 0.3 is 0 Å². The Bertz CT molecular complexity index is 743. The Hall–Kier alpha value is -1.82. The zero-order valence-corrected chi connectivity index (χ0v) is 12.8. The van der Waals surface area contributed by atoms with Gasteiger partial charge in [-0.15, -0.1) is 0 Å². The maximum atomic E-state index is 5.71. The van der Waals surface area contributed by atoms with E-state index in [9.17, 15) is 0 Å². The van der Waals surface area contributed by atoms with Crippen molar-refractivity contribution in [2.75, 3.05) is 5.73 Å². The summed E-state index contributed by atoms with van der Waals surface area (Å²) in [5, 5.41) is 4.23. The molecule has 0 spiro atoms. The molecule has 1 aromatic carbocycles. The zero-order chi connectivity index (χ0) is 14.1. The Morgan fingerprint density at radius 3 is 2.90 bits per heavy atom. The number of anilines is 1. The lowest BCUT2D eigenvalue weighted by atomic mass is 10.3. The second-order valence-electron chi connectivity index (χ2n) is 4.78. The standard InChI is InChI=1S/C14H16BrN5/c1-2-5-20-13-4-3-10(15)6-12(13)18-14(20)9-19-8-11(16)7-17-19/h3-4,6-8H,2,5,9,16H2,1H3. The molecule has 6 heteroatoms. The average Bonchev–Trinajstić information content (AvgIpc) is 2.95. The Labute approximate surface area is 125 Å². The fraction of sp³-hybridized carbons (Fsp3) is 0.286. The van der Waals surface area contributed by atoms with E-state index in [2.05, 4.69) is 38.6 Å². The fourth-order valence-corrected chi connectivity index (χ4v) is 2.71. The van der Waals surface area contributed by atoms with Gasteiger partial charge in [0, 0.05) is 17.2 Å². The van der Waals surface area contributed by atoms with Crippen LogP contribution in [0.15, 0.2) is 35.1 Å². The third kappa shape index (κ3) is 2.43. The van der Waals surface area contributed by atoms with Crippen LogP contribution < -0.4 is 5.73 Å². The van der Waals surface area contributed by atoms with Gasteiger partial charge in [-0.1, -0.05) is 22.9 Å². The lowest BCUT2D eigenvalue weighted by molar-refractivity contribution is 0.593. The lowest BCUT2D eigenvalue weighted by Crippen LogP contribution is -2.09. The molecular formula is C14H16BrN5. The van der Waals surface area contributed by atoms with Crippen LogP contribution in [0.3, 0.4) is 0 Å². The SMILES string of the molecule is CCCn1c(Cn2cc(N)cn2)nc2cc(Br)ccc21. The van der Waals surface area contributed by atoms with Gasteiger partial charge in [-0.2, -0.15) is 5.10 Å². The van der Waals surface area contributed by atoms with E-state index in [1.54, 1.807) is 6.20 Å². The van der Waals surface area contributed by atoms with Crippen LogP contribution in [0.25, 0.3) is 11.0 Å². The number of rotatable bonds is 4. The summed E-state index contributed by atoms with van der Waals surface area (Å²) >= 11 is 3.49. The molecule has 0 fully saturated rings. The molecule has 0 aliphatic carbocycles. The van der Waals surface area contributed by atoms with E-state index in [0.29, 0.717) is 12.2 Å². The molecular weight excluding hydrogens is 318 g/mol. The van der Waals surface area contributed by atoms with Crippen molar-refractivity contribution in [1.82, 2.24) is 19.3 Å². The summed E-state index contributed by atoms with van der Waals surface area (Å²) in [5.41, 5.74) is 8.54. The molecule has 0 radical (unpaired) electrons. The molecule has 0 unspecified atom stereocenters. The van der Waals surface area contributed by atoms with Gasteiger partial charge in [-0.05, 0) is 24.6 Å². The number of benzene rings is 1. The molecule has 0 atom stereocenters. The van der Waals surface area contributed by atoms with Crippen LogP contribution in [0.1, 0.15) is 19.2 Å². The van der Waals surface area contributed by atoms with Crippen LogP contribution in [0.4, 0.5) is 5.69 Å². The van der Waals surface area contributed by atoms with Crippen molar-refractivity contribution >= 4 is 32.7 Å². The van der Waals surface area contributed by atoms with Crippen LogP contribution >= 0.6 is 15.9 Å². The second kappa shape index (κ2) is 5.28. The fourth-order valence-electron chi connectivity index (χ4n) is 2.36. The number of fused-ring (bicyclic) bond motifs is 1. The summed E-state index contributed by atoms with van der Waals surface area (Å²) in [4.78, 5) is 4.73. The number of aromatic nitrogens is 4. The first-order valence-corrected chi connectivity index (χ1v) is 7.39. The van der Waals surface area contributed by atoms with E-state index in [1.165, 1.54) is 0 Å². The number of nitrogen functional groups attached to an aromatic ring is 1. The molecule has 2 heterocycles. The third-order valence-electron chi connectivity index (χ3n) is 3.19. The number of halogens is 1. The first-order valence-electron chi connectivity index (χ1n) is 6.60. The average molecular weight is 334 g/mol. The van der Waals surface area contributed by atoms with Crippen molar-refractivity contribution < 1.29 is 0 Å². The molecule has 2 N–H and O–H groups in total. The minimum atomic E-state index is 0.628. The van der Waals surface area contributed by atoms with Crippen LogP contribution in [0, 0.1) is 0 Å². The summed E-state index contributed by atoms with van der Waals surface area (Å²) < 4.78 is 5.11. The van der Waals surface area contributed by atoms with E-state index in [1.807, 2.05) is 23.0 Å². The molecule has 0 saturated heterocycles. The maximum absolute atomic E-state index is 5.71. The number of hydrogen-bond acceptors (Lipinski definition) is 3. The summed E-state index contributed by atoms with van der Waals surface area (Å²) in [5.74, 6) is 1.00. The van der Waals surface area contributed by atoms with Gasteiger partial charge in [0.05, 0.1) is 29.5 Å². The monoisotopic (exact) mass is 333 g/mol.